The van der Waals surface area contributed by atoms with Gasteiger partial charge in [-0.15, -0.1) is 5.10 Å². The fourth-order valence-electron chi connectivity index (χ4n) is 4.00. The first kappa shape index (κ1) is 16.5. The number of rotatable bonds is 1. The van der Waals surface area contributed by atoms with Crippen LogP contribution in [-0.4, -0.2) is 14.6 Å². The molecule has 0 N–H and O–H groups in total. The van der Waals surface area contributed by atoms with Gasteiger partial charge in [0.05, 0.1) is 5.52 Å². The molecule has 0 unspecified atom stereocenters. The third-order valence-corrected chi connectivity index (χ3v) is 5.48. The van der Waals surface area contributed by atoms with Crippen molar-refractivity contribution in [3.8, 4) is 11.4 Å². The maximum Gasteiger partial charge on any atom is 0.182 e. The molecule has 0 fully saturated rings. The number of halogens is 1. The number of nitrogens with zero attached hydrogens (tertiary/aromatic N) is 3. The van der Waals surface area contributed by atoms with Gasteiger partial charge in [0, 0.05) is 20.8 Å². The zero-order chi connectivity index (χ0) is 18.7. The van der Waals surface area contributed by atoms with Crippen molar-refractivity contribution in [3.05, 3.63) is 75.8 Å². The molecule has 3 aromatic carbocycles. The molecule has 0 bridgehead atoms. The summed E-state index contributed by atoms with van der Waals surface area (Å²) in [7, 11) is 0. The lowest BCUT2D eigenvalue weighted by Gasteiger charge is -2.09. The topological polar surface area (TPSA) is 30.2 Å². The Kier molecular flexibility index (Phi) is 3.59. The second kappa shape index (κ2) is 5.89. The molecule has 0 aliphatic heterocycles. The average molecular weight is 416 g/mol. The minimum Gasteiger partial charge on any atom is -0.212 e. The van der Waals surface area contributed by atoms with Gasteiger partial charge in [0.1, 0.15) is 0 Å². The van der Waals surface area contributed by atoms with Gasteiger partial charge in [-0.05, 0) is 56.0 Å². The molecule has 0 spiro atoms. The van der Waals surface area contributed by atoms with Crippen LogP contribution in [0.25, 0.3) is 38.7 Å². The highest BCUT2D eigenvalue weighted by Gasteiger charge is 2.16. The Labute approximate surface area is 165 Å². The van der Waals surface area contributed by atoms with Crippen LogP contribution in [0.2, 0.25) is 0 Å². The standard InChI is InChI=1S/C23H18BrN3/c1-13-8-14(2)10-16(9-13)22-25-23-19-7-5-4-6-18(19)20-12-17(24)11-15(3)21(20)27(23)26-22/h4-12H,1-3H3. The van der Waals surface area contributed by atoms with E-state index in [1.807, 2.05) is 4.52 Å². The number of hydrogen-bond acceptors (Lipinski definition) is 2. The number of benzene rings is 3. The van der Waals surface area contributed by atoms with Crippen LogP contribution < -0.4 is 0 Å². The molecule has 0 radical (unpaired) electrons. The van der Waals surface area contributed by atoms with Crippen molar-refractivity contribution in [2.75, 3.05) is 0 Å². The van der Waals surface area contributed by atoms with Crippen molar-refractivity contribution in [2.45, 2.75) is 20.8 Å². The molecule has 5 aromatic rings. The summed E-state index contributed by atoms with van der Waals surface area (Å²) in [6.45, 7) is 6.34. The molecule has 132 valence electrons. The molecule has 4 heteroatoms. The Bertz CT molecular complexity index is 1340. The van der Waals surface area contributed by atoms with Gasteiger partial charge in [0.15, 0.2) is 11.5 Å². The van der Waals surface area contributed by atoms with E-state index in [1.54, 1.807) is 0 Å². The average Bonchev–Trinajstić information content (AvgIpc) is 3.06. The van der Waals surface area contributed by atoms with Gasteiger partial charge >= 0.3 is 0 Å². The summed E-state index contributed by atoms with van der Waals surface area (Å²) in [4.78, 5) is 4.95. The summed E-state index contributed by atoms with van der Waals surface area (Å²) in [5.74, 6) is 0.766. The molecule has 0 amide bonds. The number of hydrogen-bond donors (Lipinski definition) is 0. The van der Waals surface area contributed by atoms with Crippen molar-refractivity contribution >= 4 is 43.3 Å². The van der Waals surface area contributed by atoms with E-state index >= 15 is 0 Å². The first-order chi connectivity index (χ1) is 13.0. The molecule has 0 aliphatic carbocycles. The Morgan fingerprint density at radius 2 is 1.52 bits per heavy atom. The molecule has 2 aromatic heterocycles. The van der Waals surface area contributed by atoms with Crippen LogP contribution in [0.4, 0.5) is 0 Å². The third-order valence-electron chi connectivity index (χ3n) is 5.02. The Hall–Kier alpha value is -2.72. The molecular weight excluding hydrogens is 398 g/mol. The van der Waals surface area contributed by atoms with E-state index in [0.29, 0.717) is 0 Å². The summed E-state index contributed by atoms with van der Waals surface area (Å²) in [5.41, 5.74) is 6.68. The van der Waals surface area contributed by atoms with Crippen molar-refractivity contribution in [1.29, 1.82) is 0 Å². The summed E-state index contributed by atoms with van der Waals surface area (Å²) in [6.07, 6.45) is 0. The van der Waals surface area contributed by atoms with E-state index < -0.39 is 0 Å². The summed E-state index contributed by atoms with van der Waals surface area (Å²) in [6, 6.07) is 19.2. The van der Waals surface area contributed by atoms with Crippen molar-refractivity contribution in [3.63, 3.8) is 0 Å². The SMILES string of the molecule is Cc1cc(C)cc(-c2nc3c4ccccc4c4cc(Br)cc(C)c4n3n2)c1. The van der Waals surface area contributed by atoms with Gasteiger partial charge in [-0.1, -0.05) is 57.4 Å². The molecular formula is C23H18BrN3. The molecule has 2 heterocycles. The lowest BCUT2D eigenvalue weighted by molar-refractivity contribution is 1.01. The fourth-order valence-corrected chi connectivity index (χ4v) is 4.58. The van der Waals surface area contributed by atoms with Crippen molar-refractivity contribution in [1.82, 2.24) is 14.6 Å². The van der Waals surface area contributed by atoms with Crippen LogP contribution in [0, 0.1) is 20.8 Å². The van der Waals surface area contributed by atoms with Gasteiger partial charge in [-0.3, -0.25) is 0 Å². The van der Waals surface area contributed by atoms with Gasteiger partial charge < -0.3 is 0 Å². The third kappa shape index (κ3) is 2.55. The van der Waals surface area contributed by atoms with Gasteiger partial charge in [-0.25, -0.2) is 9.50 Å². The van der Waals surface area contributed by atoms with E-state index in [1.165, 1.54) is 27.5 Å². The highest BCUT2D eigenvalue weighted by Crippen LogP contribution is 2.33. The first-order valence-corrected chi connectivity index (χ1v) is 9.76. The molecule has 0 saturated carbocycles. The Balaban J connectivity index is 1.97. The van der Waals surface area contributed by atoms with Gasteiger partial charge in [-0.2, -0.15) is 0 Å². The number of pyridine rings is 1. The van der Waals surface area contributed by atoms with E-state index in [4.69, 9.17) is 10.1 Å². The van der Waals surface area contributed by atoms with E-state index in [0.717, 1.165) is 32.4 Å². The minimum atomic E-state index is 0.766. The maximum absolute atomic E-state index is 4.95. The Morgan fingerprint density at radius 3 is 2.26 bits per heavy atom. The van der Waals surface area contributed by atoms with E-state index in [-0.39, 0.29) is 0 Å². The molecule has 27 heavy (non-hydrogen) atoms. The van der Waals surface area contributed by atoms with Gasteiger partial charge in [0.25, 0.3) is 0 Å². The summed E-state index contributed by atoms with van der Waals surface area (Å²) in [5, 5.41) is 8.42. The normalized spacial score (nSPS) is 11.7. The predicted octanol–water partition coefficient (Wildman–Crippen LogP) is 6.39. The molecule has 3 nitrogen and oxygen atoms in total. The summed E-state index contributed by atoms with van der Waals surface area (Å²) < 4.78 is 3.08. The van der Waals surface area contributed by atoms with Crippen LogP contribution in [0.15, 0.2) is 59.1 Å². The second-order valence-corrected chi connectivity index (χ2v) is 8.13. The highest BCUT2D eigenvalue weighted by molar-refractivity contribution is 9.10. The Morgan fingerprint density at radius 1 is 0.815 bits per heavy atom. The zero-order valence-electron chi connectivity index (χ0n) is 15.4. The first-order valence-electron chi connectivity index (χ1n) is 8.97. The summed E-state index contributed by atoms with van der Waals surface area (Å²) >= 11 is 3.65. The largest absolute Gasteiger partial charge is 0.212 e. The zero-order valence-corrected chi connectivity index (χ0v) is 17.0. The maximum atomic E-state index is 4.95. The second-order valence-electron chi connectivity index (χ2n) is 7.21. The van der Waals surface area contributed by atoms with Crippen LogP contribution in [0.1, 0.15) is 16.7 Å². The van der Waals surface area contributed by atoms with E-state index in [9.17, 15) is 0 Å². The van der Waals surface area contributed by atoms with E-state index in [2.05, 4.69) is 91.3 Å². The molecule has 0 aliphatic rings. The van der Waals surface area contributed by atoms with Crippen molar-refractivity contribution in [2.24, 2.45) is 0 Å². The number of aryl methyl sites for hydroxylation is 3. The highest BCUT2D eigenvalue weighted by atomic mass is 79.9. The van der Waals surface area contributed by atoms with Crippen LogP contribution in [-0.2, 0) is 0 Å². The smallest absolute Gasteiger partial charge is 0.182 e. The number of fused-ring (bicyclic) bond motifs is 6. The minimum absolute atomic E-state index is 0.766. The predicted molar refractivity (Wildman–Crippen MR) is 115 cm³/mol. The van der Waals surface area contributed by atoms with Gasteiger partial charge in [0.2, 0.25) is 0 Å². The van der Waals surface area contributed by atoms with Crippen LogP contribution in [0.5, 0.6) is 0 Å². The lowest BCUT2D eigenvalue weighted by Crippen LogP contribution is -1.96. The molecule has 5 rings (SSSR count). The van der Waals surface area contributed by atoms with Crippen LogP contribution in [0.3, 0.4) is 0 Å². The molecule has 0 saturated heterocycles. The molecule has 0 atom stereocenters. The number of aromatic nitrogens is 3. The monoisotopic (exact) mass is 415 g/mol. The lowest BCUT2D eigenvalue weighted by atomic mass is 10.0. The van der Waals surface area contributed by atoms with Crippen LogP contribution >= 0.6 is 15.9 Å². The quantitative estimate of drug-likeness (QED) is 0.297. The fraction of sp³-hybridized carbons (Fsp3) is 0.130. The van der Waals surface area contributed by atoms with Crippen molar-refractivity contribution < 1.29 is 0 Å².